The summed E-state index contributed by atoms with van der Waals surface area (Å²) in [4.78, 5) is 22.4. The van der Waals surface area contributed by atoms with Crippen LogP contribution >= 0.6 is 0 Å². The Morgan fingerprint density at radius 1 is 1.60 bits per heavy atom. The van der Waals surface area contributed by atoms with Gasteiger partial charge in [0.1, 0.15) is 6.29 Å². The van der Waals surface area contributed by atoms with E-state index < -0.39 is 0 Å². The van der Waals surface area contributed by atoms with Crippen LogP contribution in [0.5, 0.6) is 0 Å². The molecule has 0 aromatic rings. The maximum atomic E-state index is 11.0. The molecule has 0 fully saturated rings. The Bertz CT molecular complexity index is 132. The number of likely N-dealkylation sites (N-methyl/N-ethyl adjacent to an activating group) is 1. The lowest BCUT2D eigenvalue weighted by Gasteiger charge is -2.15. The van der Waals surface area contributed by atoms with Gasteiger partial charge < -0.3 is 9.69 Å². The monoisotopic (exact) mass is 143 g/mol. The highest BCUT2D eigenvalue weighted by Gasteiger charge is 2.10. The standard InChI is InChI=1S/C7H13NO2/c1-6(2)7(10)8(3)4-5-9/h5-6H,4H2,1-3H3. The van der Waals surface area contributed by atoms with Crippen molar-refractivity contribution in [1.82, 2.24) is 4.90 Å². The minimum atomic E-state index is -0.0232. The van der Waals surface area contributed by atoms with Crippen LogP contribution in [0.1, 0.15) is 13.8 Å². The van der Waals surface area contributed by atoms with Crippen molar-refractivity contribution in [2.24, 2.45) is 5.92 Å². The summed E-state index contributed by atoms with van der Waals surface area (Å²) in [5, 5.41) is 0. The van der Waals surface area contributed by atoms with Crippen molar-refractivity contribution >= 4 is 12.2 Å². The van der Waals surface area contributed by atoms with Gasteiger partial charge in [-0.3, -0.25) is 4.79 Å². The van der Waals surface area contributed by atoms with Crippen LogP contribution < -0.4 is 0 Å². The van der Waals surface area contributed by atoms with Crippen LogP contribution in [-0.4, -0.2) is 30.7 Å². The van der Waals surface area contributed by atoms with E-state index in [-0.39, 0.29) is 18.4 Å². The average Bonchev–Trinajstić information content (AvgIpc) is 1.87. The van der Waals surface area contributed by atoms with Crippen molar-refractivity contribution in [3.05, 3.63) is 0 Å². The molecule has 0 aliphatic rings. The molecule has 0 aliphatic heterocycles. The number of amides is 1. The van der Waals surface area contributed by atoms with Crippen LogP contribution in [0.2, 0.25) is 0 Å². The molecule has 0 saturated heterocycles. The molecular weight excluding hydrogens is 130 g/mol. The molecule has 3 heteroatoms. The SMILES string of the molecule is CC(C)C(=O)N(C)CC=O. The molecule has 0 saturated carbocycles. The Balaban J connectivity index is 3.81. The lowest BCUT2D eigenvalue weighted by atomic mass is 10.2. The van der Waals surface area contributed by atoms with E-state index in [4.69, 9.17) is 0 Å². The number of aldehydes is 1. The largest absolute Gasteiger partial charge is 0.339 e. The third kappa shape index (κ3) is 2.62. The van der Waals surface area contributed by atoms with Gasteiger partial charge in [-0.1, -0.05) is 13.8 Å². The molecule has 0 spiro atoms. The van der Waals surface area contributed by atoms with Gasteiger partial charge in [-0.05, 0) is 0 Å². The maximum Gasteiger partial charge on any atom is 0.225 e. The van der Waals surface area contributed by atoms with Crippen LogP contribution in [0, 0.1) is 5.92 Å². The summed E-state index contributed by atoms with van der Waals surface area (Å²) < 4.78 is 0. The van der Waals surface area contributed by atoms with E-state index >= 15 is 0 Å². The summed E-state index contributed by atoms with van der Waals surface area (Å²) in [6, 6.07) is 0. The van der Waals surface area contributed by atoms with Gasteiger partial charge in [0.2, 0.25) is 5.91 Å². The van der Waals surface area contributed by atoms with E-state index in [1.54, 1.807) is 7.05 Å². The summed E-state index contributed by atoms with van der Waals surface area (Å²) in [7, 11) is 1.62. The molecule has 0 unspecified atom stereocenters. The molecule has 1 amide bonds. The first kappa shape index (κ1) is 9.14. The van der Waals surface area contributed by atoms with Crippen molar-refractivity contribution < 1.29 is 9.59 Å². The molecule has 0 atom stereocenters. The van der Waals surface area contributed by atoms with Gasteiger partial charge in [-0.2, -0.15) is 0 Å². The first-order chi connectivity index (χ1) is 4.59. The minimum absolute atomic E-state index is 0.00657. The van der Waals surface area contributed by atoms with Crippen LogP contribution in [0.15, 0.2) is 0 Å². The molecule has 3 nitrogen and oxygen atoms in total. The Labute approximate surface area is 61.0 Å². The second-order valence-corrected chi connectivity index (χ2v) is 2.54. The summed E-state index contributed by atoms with van der Waals surface area (Å²) in [5.74, 6) is -0.0166. The highest BCUT2D eigenvalue weighted by Crippen LogP contribution is 1.96. The molecule has 0 aromatic carbocycles. The third-order valence-electron chi connectivity index (χ3n) is 1.22. The number of hydrogen-bond donors (Lipinski definition) is 0. The highest BCUT2D eigenvalue weighted by molar-refractivity contribution is 5.79. The normalized spacial score (nSPS) is 9.60. The number of carbonyl (C=O) groups excluding carboxylic acids is 2. The molecule has 58 valence electrons. The van der Waals surface area contributed by atoms with Crippen LogP contribution in [0.3, 0.4) is 0 Å². The van der Waals surface area contributed by atoms with Crippen molar-refractivity contribution in [2.75, 3.05) is 13.6 Å². The summed E-state index contributed by atoms with van der Waals surface area (Å²) in [6.45, 7) is 3.81. The zero-order chi connectivity index (χ0) is 8.15. The van der Waals surface area contributed by atoms with Crippen molar-refractivity contribution in [1.29, 1.82) is 0 Å². The van der Waals surface area contributed by atoms with Crippen molar-refractivity contribution in [2.45, 2.75) is 13.8 Å². The predicted octanol–water partition coefficient (Wildman–Crippen LogP) is 0.300. The average molecular weight is 143 g/mol. The van der Waals surface area contributed by atoms with E-state index in [9.17, 15) is 9.59 Å². The van der Waals surface area contributed by atoms with E-state index in [2.05, 4.69) is 0 Å². The molecule has 0 N–H and O–H groups in total. The van der Waals surface area contributed by atoms with Gasteiger partial charge in [0, 0.05) is 13.0 Å². The summed E-state index contributed by atoms with van der Waals surface area (Å²) in [6.07, 6.45) is 0.722. The van der Waals surface area contributed by atoms with Gasteiger partial charge in [-0.25, -0.2) is 0 Å². The van der Waals surface area contributed by atoms with E-state index in [0.29, 0.717) is 0 Å². The Morgan fingerprint density at radius 3 is 2.40 bits per heavy atom. The maximum absolute atomic E-state index is 11.0. The molecule has 0 radical (unpaired) electrons. The number of nitrogens with zero attached hydrogens (tertiary/aromatic N) is 1. The van der Waals surface area contributed by atoms with Crippen molar-refractivity contribution in [3.63, 3.8) is 0 Å². The molecule has 0 aliphatic carbocycles. The topological polar surface area (TPSA) is 37.4 Å². The molecular formula is C7H13NO2. The third-order valence-corrected chi connectivity index (χ3v) is 1.22. The van der Waals surface area contributed by atoms with Crippen LogP contribution in [-0.2, 0) is 9.59 Å². The van der Waals surface area contributed by atoms with E-state index in [1.807, 2.05) is 13.8 Å². The first-order valence-corrected chi connectivity index (χ1v) is 3.28. The van der Waals surface area contributed by atoms with Crippen molar-refractivity contribution in [3.8, 4) is 0 Å². The predicted molar refractivity (Wildman–Crippen MR) is 38.5 cm³/mol. The van der Waals surface area contributed by atoms with Crippen LogP contribution in [0.25, 0.3) is 0 Å². The van der Waals surface area contributed by atoms with Gasteiger partial charge in [-0.15, -0.1) is 0 Å². The Kier molecular flexibility index (Phi) is 3.69. The van der Waals surface area contributed by atoms with Gasteiger partial charge >= 0.3 is 0 Å². The fourth-order valence-corrected chi connectivity index (χ4v) is 0.643. The molecule has 0 bridgehead atoms. The van der Waals surface area contributed by atoms with E-state index in [0.717, 1.165) is 6.29 Å². The van der Waals surface area contributed by atoms with Gasteiger partial charge in [0.15, 0.2) is 0 Å². The Morgan fingerprint density at radius 2 is 2.10 bits per heavy atom. The molecule has 10 heavy (non-hydrogen) atoms. The number of rotatable bonds is 3. The fourth-order valence-electron chi connectivity index (χ4n) is 0.643. The second kappa shape index (κ2) is 4.04. The summed E-state index contributed by atoms with van der Waals surface area (Å²) >= 11 is 0. The number of carbonyl (C=O) groups is 2. The summed E-state index contributed by atoms with van der Waals surface area (Å²) in [5.41, 5.74) is 0. The van der Waals surface area contributed by atoms with Gasteiger partial charge in [0.05, 0.1) is 6.54 Å². The molecule has 0 heterocycles. The van der Waals surface area contributed by atoms with Crippen LogP contribution in [0.4, 0.5) is 0 Å². The highest BCUT2D eigenvalue weighted by atomic mass is 16.2. The fraction of sp³-hybridized carbons (Fsp3) is 0.714. The van der Waals surface area contributed by atoms with Gasteiger partial charge in [0.25, 0.3) is 0 Å². The lowest BCUT2D eigenvalue weighted by Crippen LogP contribution is -2.31. The second-order valence-electron chi connectivity index (χ2n) is 2.54. The quantitative estimate of drug-likeness (QED) is 0.533. The molecule has 0 aromatic heterocycles. The zero-order valence-corrected chi connectivity index (χ0v) is 6.63. The molecule has 0 rings (SSSR count). The van der Waals surface area contributed by atoms with E-state index in [1.165, 1.54) is 4.90 Å². The smallest absolute Gasteiger partial charge is 0.225 e. The number of hydrogen-bond acceptors (Lipinski definition) is 2. The lowest BCUT2D eigenvalue weighted by molar-refractivity contribution is -0.134. The Hall–Kier alpha value is -0.860. The minimum Gasteiger partial charge on any atom is -0.339 e. The first-order valence-electron chi connectivity index (χ1n) is 3.28. The zero-order valence-electron chi connectivity index (χ0n) is 6.63.